The van der Waals surface area contributed by atoms with Crippen molar-refractivity contribution < 1.29 is 4.79 Å². The molecule has 0 fully saturated rings. The third-order valence-corrected chi connectivity index (χ3v) is 2.47. The first-order valence-corrected chi connectivity index (χ1v) is 5.20. The van der Waals surface area contributed by atoms with Crippen LogP contribution in [0.4, 0.5) is 23.3 Å². The van der Waals surface area contributed by atoms with Crippen LogP contribution in [0.1, 0.15) is 0 Å². The molecule has 0 radical (unpaired) electrons. The summed E-state index contributed by atoms with van der Waals surface area (Å²) in [6.07, 6.45) is 0. The highest BCUT2D eigenvalue weighted by molar-refractivity contribution is 6.29. The molecular formula is C8H11ClN6O. The number of amides is 1. The molecule has 5 N–H and O–H groups in total. The van der Waals surface area contributed by atoms with Gasteiger partial charge in [-0.1, -0.05) is 0 Å². The first-order chi connectivity index (χ1) is 7.63. The summed E-state index contributed by atoms with van der Waals surface area (Å²) in [4.78, 5) is 20.9. The highest BCUT2D eigenvalue weighted by Gasteiger charge is 2.26. The number of aromatic nitrogens is 2. The molecule has 2 heterocycles. The number of halogens is 1. The molecule has 0 bridgehead atoms. The van der Waals surface area contributed by atoms with Crippen LogP contribution in [0.25, 0.3) is 0 Å². The largest absolute Gasteiger partial charge is 0.382 e. The van der Waals surface area contributed by atoms with E-state index in [9.17, 15) is 4.79 Å². The summed E-state index contributed by atoms with van der Waals surface area (Å²) >= 11 is 5.52. The normalized spacial score (nSPS) is 14.2. The SMILES string of the molecule is Nc1nc(N)c2c(n1)NCCN2C(=O)CCl. The average molecular weight is 243 g/mol. The fraction of sp³-hybridized carbons (Fsp3) is 0.375. The maximum Gasteiger partial charge on any atom is 0.242 e. The molecule has 7 nitrogen and oxygen atoms in total. The van der Waals surface area contributed by atoms with Crippen molar-refractivity contribution in [1.82, 2.24) is 9.97 Å². The van der Waals surface area contributed by atoms with Crippen LogP contribution in [-0.4, -0.2) is 34.8 Å². The van der Waals surface area contributed by atoms with Crippen LogP contribution in [0, 0.1) is 0 Å². The summed E-state index contributed by atoms with van der Waals surface area (Å²) in [6.45, 7) is 1.06. The first-order valence-electron chi connectivity index (χ1n) is 4.66. The van der Waals surface area contributed by atoms with Crippen LogP contribution in [0.5, 0.6) is 0 Å². The number of hydrogen-bond acceptors (Lipinski definition) is 6. The first kappa shape index (κ1) is 10.7. The molecule has 0 spiro atoms. The molecule has 2 rings (SSSR count). The van der Waals surface area contributed by atoms with Crippen LogP contribution in [0.2, 0.25) is 0 Å². The highest BCUT2D eigenvalue weighted by Crippen LogP contribution is 2.32. The van der Waals surface area contributed by atoms with E-state index in [1.54, 1.807) is 0 Å². The number of carbonyl (C=O) groups is 1. The van der Waals surface area contributed by atoms with Gasteiger partial charge in [-0.15, -0.1) is 11.6 Å². The number of carbonyl (C=O) groups excluding carboxylic acids is 1. The Balaban J connectivity index is 2.49. The molecule has 0 aromatic carbocycles. The van der Waals surface area contributed by atoms with Gasteiger partial charge in [0.05, 0.1) is 0 Å². The maximum absolute atomic E-state index is 11.6. The maximum atomic E-state index is 11.6. The minimum Gasteiger partial charge on any atom is -0.382 e. The molecule has 1 aromatic heterocycles. The second kappa shape index (κ2) is 4.01. The second-order valence-corrected chi connectivity index (χ2v) is 3.54. The molecule has 1 amide bonds. The van der Waals surface area contributed by atoms with E-state index in [-0.39, 0.29) is 23.6 Å². The van der Waals surface area contributed by atoms with E-state index in [1.165, 1.54) is 4.90 Å². The summed E-state index contributed by atoms with van der Waals surface area (Å²) in [7, 11) is 0. The zero-order chi connectivity index (χ0) is 11.7. The zero-order valence-corrected chi connectivity index (χ0v) is 9.16. The summed E-state index contributed by atoms with van der Waals surface area (Å²) in [5.74, 6) is 0.375. The topological polar surface area (TPSA) is 110 Å². The molecule has 0 saturated carbocycles. The minimum absolute atomic E-state index is 0.0731. The smallest absolute Gasteiger partial charge is 0.242 e. The van der Waals surface area contributed by atoms with E-state index in [2.05, 4.69) is 15.3 Å². The molecule has 0 saturated heterocycles. The number of nitrogens with zero attached hydrogens (tertiary/aromatic N) is 3. The predicted molar refractivity (Wildman–Crippen MR) is 62.4 cm³/mol. The van der Waals surface area contributed by atoms with E-state index in [0.717, 1.165) is 0 Å². The van der Waals surface area contributed by atoms with Gasteiger partial charge in [0.1, 0.15) is 11.6 Å². The van der Waals surface area contributed by atoms with E-state index in [1.807, 2.05) is 0 Å². The lowest BCUT2D eigenvalue weighted by molar-refractivity contribution is -0.116. The number of hydrogen-bond donors (Lipinski definition) is 3. The minimum atomic E-state index is -0.232. The molecule has 8 heteroatoms. The van der Waals surface area contributed by atoms with Gasteiger partial charge in [-0.2, -0.15) is 9.97 Å². The summed E-state index contributed by atoms with van der Waals surface area (Å²) in [5.41, 5.74) is 11.6. The van der Waals surface area contributed by atoms with Crippen LogP contribution in [0.15, 0.2) is 0 Å². The predicted octanol–water partition coefficient (Wildman–Crippen LogP) is -0.362. The highest BCUT2D eigenvalue weighted by atomic mass is 35.5. The van der Waals surface area contributed by atoms with Gasteiger partial charge in [-0.05, 0) is 0 Å². The Morgan fingerprint density at radius 2 is 2.25 bits per heavy atom. The van der Waals surface area contributed by atoms with Crippen molar-refractivity contribution in [3.05, 3.63) is 0 Å². The number of anilines is 4. The van der Waals surface area contributed by atoms with Crippen molar-refractivity contribution in [1.29, 1.82) is 0 Å². The van der Waals surface area contributed by atoms with Crippen LogP contribution in [-0.2, 0) is 4.79 Å². The number of alkyl halides is 1. The molecule has 1 aromatic rings. The van der Waals surface area contributed by atoms with Crippen molar-refractivity contribution in [3.8, 4) is 0 Å². The Morgan fingerprint density at radius 1 is 1.50 bits per heavy atom. The monoisotopic (exact) mass is 242 g/mol. The Hall–Kier alpha value is -1.76. The molecule has 0 aliphatic carbocycles. The molecular weight excluding hydrogens is 232 g/mol. The van der Waals surface area contributed by atoms with Gasteiger partial charge in [0.15, 0.2) is 11.6 Å². The third-order valence-electron chi connectivity index (χ3n) is 2.24. The molecule has 16 heavy (non-hydrogen) atoms. The molecule has 0 atom stereocenters. The van der Waals surface area contributed by atoms with Crippen LogP contribution < -0.4 is 21.7 Å². The van der Waals surface area contributed by atoms with E-state index in [0.29, 0.717) is 24.6 Å². The van der Waals surface area contributed by atoms with Gasteiger partial charge in [0.2, 0.25) is 11.9 Å². The Labute approximate surface area is 96.8 Å². The Bertz CT molecular complexity index is 437. The van der Waals surface area contributed by atoms with E-state index in [4.69, 9.17) is 23.1 Å². The lowest BCUT2D eigenvalue weighted by Gasteiger charge is -2.29. The molecule has 1 aliphatic heterocycles. The van der Waals surface area contributed by atoms with Gasteiger partial charge < -0.3 is 21.7 Å². The number of rotatable bonds is 1. The van der Waals surface area contributed by atoms with E-state index >= 15 is 0 Å². The van der Waals surface area contributed by atoms with Crippen molar-refractivity contribution in [2.45, 2.75) is 0 Å². The van der Waals surface area contributed by atoms with Crippen LogP contribution in [0.3, 0.4) is 0 Å². The Kier molecular flexibility index (Phi) is 2.69. The standard InChI is InChI=1S/C8H11ClN6O/c9-3-4(16)15-2-1-12-7-5(15)6(10)13-8(11)14-7/h1-3H2,(H5,10,11,12,13,14). The van der Waals surface area contributed by atoms with Crippen LogP contribution >= 0.6 is 11.6 Å². The lowest BCUT2D eigenvalue weighted by atomic mass is 10.3. The average Bonchev–Trinajstić information content (AvgIpc) is 2.26. The zero-order valence-electron chi connectivity index (χ0n) is 8.40. The summed E-state index contributed by atoms with van der Waals surface area (Å²) in [5, 5.41) is 3.01. The fourth-order valence-electron chi connectivity index (χ4n) is 1.60. The third kappa shape index (κ3) is 1.69. The number of fused-ring (bicyclic) bond motifs is 1. The summed E-state index contributed by atoms with van der Waals surface area (Å²) < 4.78 is 0. The van der Waals surface area contributed by atoms with Gasteiger partial charge in [-0.25, -0.2) is 0 Å². The number of nitrogens with two attached hydrogens (primary N) is 2. The van der Waals surface area contributed by atoms with Crippen molar-refractivity contribution >= 4 is 40.8 Å². The number of nitrogen functional groups attached to an aromatic ring is 2. The van der Waals surface area contributed by atoms with Gasteiger partial charge >= 0.3 is 0 Å². The summed E-state index contributed by atoms with van der Waals surface area (Å²) in [6, 6.07) is 0. The number of nitrogens with one attached hydrogen (secondary N) is 1. The molecule has 86 valence electrons. The molecule has 1 aliphatic rings. The molecule has 0 unspecified atom stereocenters. The van der Waals surface area contributed by atoms with E-state index < -0.39 is 0 Å². The fourth-order valence-corrected chi connectivity index (χ4v) is 1.74. The second-order valence-electron chi connectivity index (χ2n) is 3.27. The van der Waals surface area contributed by atoms with Crippen molar-refractivity contribution in [2.24, 2.45) is 0 Å². The van der Waals surface area contributed by atoms with Crippen molar-refractivity contribution in [3.63, 3.8) is 0 Å². The van der Waals surface area contributed by atoms with Gasteiger partial charge in [0.25, 0.3) is 0 Å². The Morgan fingerprint density at radius 3 is 2.94 bits per heavy atom. The van der Waals surface area contributed by atoms with Gasteiger partial charge in [0, 0.05) is 13.1 Å². The van der Waals surface area contributed by atoms with Crippen molar-refractivity contribution in [2.75, 3.05) is 40.7 Å². The lowest BCUT2D eigenvalue weighted by Crippen LogP contribution is -2.40. The van der Waals surface area contributed by atoms with Gasteiger partial charge in [-0.3, -0.25) is 4.79 Å². The quantitative estimate of drug-likeness (QED) is 0.580.